The van der Waals surface area contributed by atoms with Crippen LogP contribution >= 0.6 is 46.7 Å². The molecule has 0 aromatic rings. The van der Waals surface area contributed by atoms with E-state index in [0.29, 0.717) is 0 Å². The number of rotatable bonds is 2. The van der Waals surface area contributed by atoms with E-state index < -0.39 is 43.0 Å². The molecule has 10 heteroatoms. The fourth-order valence-electron chi connectivity index (χ4n) is 0.577. The lowest BCUT2D eigenvalue weighted by atomic mass is 10.7. The molecule has 0 bridgehead atoms. The summed E-state index contributed by atoms with van der Waals surface area (Å²) < 4.78 is 67.2. The third kappa shape index (κ3) is 1.90. The number of hydrogen-bond donors (Lipinski definition) is 0. The van der Waals surface area contributed by atoms with Crippen molar-refractivity contribution in [3.05, 3.63) is 0 Å². The monoisotopic (exact) mass is 296 g/mol. The van der Waals surface area contributed by atoms with Crippen LogP contribution in [0.1, 0.15) is 0 Å². The van der Waals surface area contributed by atoms with Crippen molar-refractivity contribution < 1.29 is 26.3 Å². The minimum absolute atomic E-state index is 0.942. The Hall–Kier alpha value is 0.860. The summed E-state index contributed by atoms with van der Waals surface area (Å²) in [6, 6.07) is 0. The van der Waals surface area contributed by atoms with Crippen molar-refractivity contribution in [3.8, 4) is 0 Å². The second-order valence-electron chi connectivity index (χ2n) is 2.27. The van der Waals surface area contributed by atoms with Crippen molar-refractivity contribution in [3.63, 3.8) is 0 Å². The molecule has 0 atom stereocenters. The summed E-state index contributed by atoms with van der Waals surface area (Å²) in [5.41, 5.74) is 0. The maximum atomic E-state index is 12.9. The van der Waals surface area contributed by atoms with Crippen molar-refractivity contribution in [2.45, 2.75) is 19.4 Å². The van der Waals surface area contributed by atoms with Crippen LogP contribution < -0.4 is 0 Å². The Morgan fingerprint density at radius 3 is 1.14 bits per heavy atom. The lowest BCUT2D eigenvalue weighted by Crippen LogP contribution is -2.54. The zero-order valence-corrected chi connectivity index (χ0v) is 8.99. The van der Waals surface area contributed by atoms with Gasteiger partial charge in [-0.3, -0.25) is 0 Å². The highest BCUT2D eigenvalue weighted by molar-refractivity contribution is 8.35. The van der Waals surface area contributed by atoms with E-state index in [-0.39, 0.29) is 0 Å². The normalized spacial score (nSPS) is 39.4. The van der Waals surface area contributed by atoms with Gasteiger partial charge in [0, 0.05) is 0 Å². The van der Waals surface area contributed by atoms with Crippen LogP contribution in [0.2, 0.25) is 0 Å². The first-order valence-corrected chi connectivity index (χ1v) is 5.22. The first-order chi connectivity index (χ1) is 5.91. The van der Waals surface area contributed by atoms with Crippen LogP contribution in [-0.4, -0.2) is 19.4 Å². The molecule has 14 heavy (non-hydrogen) atoms. The van der Waals surface area contributed by atoms with Gasteiger partial charge in [-0.25, -0.2) is 8.78 Å². The molecule has 0 spiro atoms. The predicted octanol–water partition coefficient (Wildman–Crippen LogP) is 4.38. The quantitative estimate of drug-likeness (QED) is 0.548. The average molecular weight is 297 g/mol. The molecule has 1 fully saturated rings. The van der Waals surface area contributed by atoms with Crippen molar-refractivity contribution in [2.24, 2.45) is 0 Å². The van der Waals surface area contributed by atoms with Crippen molar-refractivity contribution in [2.75, 3.05) is 0 Å². The first kappa shape index (κ1) is 12.9. The van der Waals surface area contributed by atoms with E-state index in [9.17, 15) is 26.3 Å². The molecular formula is C4Cl2F6S2. The Bertz CT molecular complexity index is 217. The van der Waals surface area contributed by atoms with E-state index in [0.717, 1.165) is 0 Å². The van der Waals surface area contributed by atoms with Crippen LogP contribution in [0.4, 0.5) is 26.3 Å². The third-order valence-corrected chi connectivity index (χ3v) is 5.25. The molecule has 1 heterocycles. The fourth-order valence-corrected chi connectivity index (χ4v) is 3.32. The van der Waals surface area contributed by atoms with Crippen LogP contribution in [0, 0.1) is 0 Å². The molecule has 0 nitrogen and oxygen atoms in total. The van der Waals surface area contributed by atoms with Crippen molar-refractivity contribution in [1.29, 1.82) is 0 Å². The molecule has 0 amide bonds. The minimum Gasteiger partial charge on any atom is -0.211 e. The number of thioether (sulfide) groups is 2. The Balaban J connectivity index is 2.76. The largest absolute Gasteiger partial charge is 0.374 e. The molecule has 0 aliphatic carbocycles. The zero-order valence-electron chi connectivity index (χ0n) is 5.84. The summed E-state index contributed by atoms with van der Waals surface area (Å²) in [4.78, 5) is 0. The van der Waals surface area contributed by atoms with Crippen LogP contribution in [0.15, 0.2) is 0 Å². The zero-order chi connectivity index (χ0) is 11.4. The van der Waals surface area contributed by atoms with Crippen molar-refractivity contribution >= 4 is 46.7 Å². The molecule has 0 saturated carbocycles. The molecule has 84 valence electrons. The number of alkyl halides is 8. The highest BCUT2D eigenvalue weighted by Gasteiger charge is 2.78. The van der Waals surface area contributed by atoms with Gasteiger partial charge in [0.2, 0.25) is 0 Å². The molecule has 0 aromatic carbocycles. The molecule has 1 rings (SSSR count). The summed E-state index contributed by atoms with van der Waals surface area (Å²) in [5.74, 6) is 0. The fraction of sp³-hybridized carbons (Fsp3) is 1.00. The van der Waals surface area contributed by atoms with Crippen molar-refractivity contribution in [1.82, 2.24) is 0 Å². The van der Waals surface area contributed by atoms with E-state index in [1.54, 1.807) is 0 Å². The van der Waals surface area contributed by atoms with Gasteiger partial charge in [-0.05, 0) is 46.7 Å². The van der Waals surface area contributed by atoms with Crippen LogP contribution in [0.3, 0.4) is 0 Å². The standard InChI is InChI=1S/C4Cl2F6S2/c5-1(7,8)3(11)13-4(12,14-3)2(6,9)10. The maximum absolute atomic E-state index is 12.9. The molecule has 1 saturated heterocycles. The van der Waals surface area contributed by atoms with E-state index in [1.165, 1.54) is 0 Å². The summed E-state index contributed by atoms with van der Waals surface area (Å²) >= 11 is 6.61. The molecular weight excluding hydrogens is 297 g/mol. The predicted molar refractivity (Wildman–Crippen MR) is 44.5 cm³/mol. The molecule has 0 aromatic heterocycles. The van der Waals surface area contributed by atoms with Gasteiger partial charge < -0.3 is 0 Å². The summed E-state index contributed by atoms with van der Waals surface area (Å²) in [5, 5.41) is -8.89. The lowest BCUT2D eigenvalue weighted by Gasteiger charge is -2.46. The molecule has 0 radical (unpaired) electrons. The molecule has 1 aliphatic rings. The van der Waals surface area contributed by atoms with E-state index in [4.69, 9.17) is 0 Å². The highest BCUT2D eigenvalue weighted by atomic mass is 35.5. The third-order valence-electron chi connectivity index (χ3n) is 1.20. The number of halogens is 8. The minimum atomic E-state index is -4.44. The summed E-state index contributed by atoms with van der Waals surface area (Å²) in [7, 11) is 0. The maximum Gasteiger partial charge on any atom is 0.374 e. The smallest absolute Gasteiger partial charge is 0.211 e. The SMILES string of the molecule is FC(F)(Cl)C1(F)SC(F)(C(F)(F)Cl)S1. The number of hydrogen-bond acceptors (Lipinski definition) is 2. The molecule has 0 unspecified atom stereocenters. The highest BCUT2D eigenvalue weighted by Crippen LogP contribution is 2.76. The Morgan fingerprint density at radius 1 is 0.786 bits per heavy atom. The van der Waals surface area contributed by atoms with Gasteiger partial charge in [-0.15, -0.1) is 0 Å². The van der Waals surface area contributed by atoms with Crippen LogP contribution in [0.5, 0.6) is 0 Å². The van der Waals surface area contributed by atoms with Gasteiger partial charge in [0.15, 0.2) is 0 Å². The van der Waals surface area contributed by atoms with Gasteiger partial charge >= 0.3 is 10.8 Å². The van der Waals surface area contributed by atoms with Crippen LogP contribution in [-0.2, 0) is 0 Å². The summed E-state index contributed by atoms with van der Waals surface area (Å²) in [6.45, 7) is 0. The Morgan fingerprint density at radius 2 is 1.00 bits per heavy atom. The van der Waals surface area contributed by atoms with E-state index >= 15 is 0 Å². The first-order valence-electron chi connectivity index (χ1n) is 2.83. The molecule has 0 N–H and O–H groups in total. The molecule has 1 aliphatic heterocycles. The second kappa shape index (κ2) is 3.18. The van der Waals surface area contributed by atoms with Gasteiger partial charge in [-0.2, -0.15) is 17.6 Å². The van der Waals surface area contributed by atoms with Crippen LogP contribution in [0.25, 0.3) is 0 Å². The summed E-state index contributed by atoms with van der Waals surface area (Å²) in [6.07, 6.45) is 0. The average Bonchev–Trinajstić information content (AvgIpc) is 1.78. The lowest BCUT2D eigenvalue weighted by molar-refractivity contribution is -0.00224. The Labute approximate surface area is 92.7 Å². The van der Waals surface area contributed by atoms with Gasteiger partial charge in [0.05, 0.1) is 0 Å². The van der Waals surface area contributed by atoms with Gasteiger partial charge in [-0.1, -0.05) is 0 Å². The van der Waals surface area contributed by atoms with E-state index in [1.807, 2.05) is 0 Å². The van der Waals surface area contributed by atoms with E-state index in [2.05, 4.69) is 23.2 Å². The van der Waals surface area contributed by atoms with Gasteiger partial charge in [0.25, 0.3) is 8.67 Å². The topological polar surface area (TPSA) is 0 Å². The Kier molecular flexibility index (Phi) is 2.93. The van der Waals surface area contributed by atoms with Gasteiger partial charge in [0.1, 0.15) is 0 Å². The second-order valence-corrected chi connectivity index (χ2v) is 6.40.